The Morgan fingerprint density at radius 2 is 1.45 bits per heavy atom. The summed E-state index contributed by atoms with van der Waals surface area (Å²) >= 11 is 0. The summed E-state index contributed by atoms with van der Waals surface area (Å²) < 4.78 is 0. The summed E-state index contributed by atoms with van der Waals surface area (Å²) in [5.74, 6) is 0.954. The molecule has 0 amide bonds. The summed E-state index contributed by atoms with van der Waals surface area (Å²) in [4.78, 5) is 0. The Hall–Kier alpha value is 0.870. The highest BCUT2D eigenvalue weighted by atomic mass is 35.5. The van der Waals surface area contributed by atoms with E-state index in [-0.39, 0.29) is 37.2 Å². The van der Waals surface area contributed by atoms with Crippen LogP contribution in [-0.2, 0) is 0 Å². The van der Waals surface area contributed by atoms with Crippen molar-refractivity contribution < 1.29 is 0 Å². The van der Waals surface area contributed by atoms with E-state index in [9.17, 15) is 0 Å². The Morgan fingerprint density at radius 3 is 1.73 bits per heavy atom. The minimum Gasteiger partial charge on any atom is -0.147 e. The van der Waals surface area contributed by atoms with Gasteiger partial charge in [-0.1, -0.05) is 46.5 Å². The van der Waals surface area contributed by atoms with E-state index >= 15 is 0 Å². The van der Waals surface area contributed by atoms with Crippen molar-refractivity contribution in [1.29, 1.82) is 0 Å². The van der Waals surface area contributed by atoms with Crippen molar-refractivity contribution in [2.45, 2.75) is 46.5 Å². The summed E-state index contributed by atoms with van der Waals surface area (Å²) in [5.41, 5.74) is 0. The largest absolute Gasteiger partial charge is 0.147 e. The first-order valence-corrected chi connectivity index (χ1v) is 3.81. The monoisotopic (exact) mass is 222 g/mol. The van der Waals surface area contributed by atoms with Crippen molar-refractivity contribution in [1.82, 2.24) is 0 Å². The Kier molecular flexibility index (Phi) is 35.2. The second-order valence-corrected chi connectivity index (χ2v) is 2.66. The Bertz CT molecular complexity index is 48.6. The first-order valence-electron chi connectivity index (χ1n) is 3.81. The topological polar surface area (TPSA) is 0 Å². The van der Waals surface area contributed by atoms with Gasteiger partial charge in [0, 0.05) is 0 Å². The van der Waals surface area contributed by atoms with Crippen LogP contribution in [0.2, 0.25) is 0 Å². The number of unbranched alkanes of at least 4 members (excludes halogenated alkanes) is 1. The highest BCUT2D eigenvalue weighted by molar-refractivity contribution is 5.86. The van der Waals surface area contributed by atoms with E-state index < -0.39 is 0 Å². The van der Waals surface area contributed by atoms with Crippen LogP contribution in [-0.4, -0.2) is 0 Å². The molecule has 0 saturated heterocycles. The molecule has 0 N–H and O–H groups in total. The molecule has 0 aliphatic carbocycles. The van der Waals surface area contributed by atoms with Crippen molar-refractivity contribution in [3.8, 4) is 0 Å². The first-order chi connectivity index (χ1) is 3.81. The van der Waals surface area contributed by atoms with Crippen molar-refractivity contribution in [2.75, 3.05) is 0 Å². The first kappa shape index (κ1) is 22.6. The minimum absolute atomic E-state index is 0. The average molecular weight is 224 g/mol. The third-order valence-electron chi connectivity index (χ3n) is 1.75. The van der Waals surface area contributed by atoms with E-state index in [4.69, 9.17) is 0 Å². The van der Waals surface area contributed by atoms with Gasteiger partial charge in [0.25, 0.3) is 0 Å². The molecular weight excluding hydrogens is 202 g/mol. The summed E-state index contributed by atoms with van der Waals surface area (Å²) in [6, 6.07) is 0. The molecule has 0 aromatic heterocycles. The summed E-state index contributed by atoms with van der Waals surface area (Å²) in [6.45, 7) is 6.85. The maximum absolute atomic E-state index is 2.33. The maximum atomic E-state index is 2.33. The molecule has 0 radical (unpaired) electrons. The Balaban J connectivity index is -0.0000000817. The zero-order chi connectivity index (χ0) is 6.41. The lowest BCUT2D eigenvalue weighted by atomic mass is 10.0. The molecule has 0 bridgehead atoms. The van der Waals surface area contributed by atoms with Crippen LogP contribution in [0.3, 0.4) is 0 Å². The zero-order valence-corrected chi connectivity index (χ0v) is 10.1. The van der Waals surface area contributed by atoms with Gasteiger partial charge in [0.15, 0.2) is 0 Å². The van der Waals surface area contributed by atoms with Gasteiger partial charge in [-0.25, -0.2) is 0 Å². The van der Waals surface area contributed by atoms with Gasteiger partial charge in [-0.15, -0.1) is 37.2 Å². The van der Waals surface area contributed by atoms with Crippen LogP contribution >= 0.6 is 37.2 Å². The molecule has 11 heavy (non-hydrogen) atoms. The minimum atomic E-state index is 0. The Morgan fingerprint density at radius 1 is 1.00 bits per heavy atom. The van der Waals surface area contributed by atoms with Gasteiger partial charge in [-0.05, 0) is 5.92 Å². The van der Waals surface area contributed by atoms with E-state index in [1.54, 1.807) is 0 Å². The van der Waals surface area contributed by atoms with Gasteiger partial charge in [0.1, 0.15) is 0 Å². The van der Waals surface area contributed by atoms with Gasteiger partial charge < -0.3 is 0 Å². The van der Waals surface area contributed by atoms with Crippen molar-refractivity contribution in [3.63, 3.8) is 0 Å². The lowest BCUT2D eigenvalue weighted by Crippen LogP contribution is -1.89. The molecule has 0 spiro atoms. The van der Waals surface area contributed by atoms with Crippen LogP contribution in [0.15, 0.2) is 0 Å². The third-order valence-corrected chi connectivity index (χ3v) is 1.75. The van der Waals surface area contributed by atoms with Crippen LogP contribution in [0.4, 0.5) is 0 Å². The second kappa shape index (κ2) is 17.1. The predicted molar refractivity (Wildman–Crippen MR) is 60.7 cm³/mol. The molecule has 1 atom stereocenters. The maximum Gasteiger partial charge on any atom is -0.0445 e. The molecular formula is C8H21Cl3. The molecule has 0 nitrogen and oxygen atoms in total. The lowest BCUT2D eigenvalue weighted by Gasteiger charge is -2.04. The van der Waals surface area contributed by atoms with E-state index in [0.29, 0.717) is 0 Å². The smallest absolute Gasteiger partial charge is 0.0445 e. The fraction of sp³-hybridized carbons (Fsp3) is 1.00. The van der Waals surface area contributed by atoms with Gasteiger partial charge in [0.05, 0.1) is 0 Å². The summed E-state index contributed by atoms with van der Waals surface area (Å²) in [6.07, 6.45) is 5.53. The van der Waals surface area contributed by atoms with Crippen LogP contribution in [0.25, 0.3) is 0 Å². The molecule has 74 valence electrons. The van der Waals surface area contributed by atoms with Gasteiger partial charge >= 0.3 is 0 Å². The molecule has 0 aromatic rings. The van der Waals surface area contributed by atoms with E-state index in [2.05, 4.69) is 20.8 Å². The SMILES string of the molecule is CCCCC(C)CC.Cl.Cl.Cl. The molecule has 0 fully saturated rings. The zero-order valence-electron chi connectivity index (χ0n) is 7.63. The van der Waals surface area contributed by atoms with Crippen LogP contribution in [0.5, 0.6) is 0 Å². The molecule has 0 saturated carbocycles. The van der Waals surface area contributed by atoms with Crippen molar-refractivity contribution in [2.24, 2.45) is 5.92 Å². The molecule has 0 aromatic carbocycles. The second-order valence-electron chi connectivity index (χ2n) is 2.66. The number of hydrogen-bond acceptors (Lipinski definition) is 0. The molecule has 0 heterocycles. The quantitative estimate of drug-likeness (QED) is 0.659. The van der Waals surface area contributed by atoms with E-state index in [1.807, 2.05) is 0 Å². The summed E-state index contributed by atoms with van der Waals surface area (Å²) in [7, 11) is 0. The molecule has 0 aliphatic heterocycles. The third kappa shape index (κ3) is 18.1. The number of hydrogen-bond donors (Lipinski definition) is 0. The fourth-order valence-electron chi connectivity index (χ4n) is 0.757. The van der Waals surface area contributed by atoms with Crippen molar-refractivity contribution in [3.05, 3.63) is 0 Å². The highest BCUT2D eigenvalue weighted by Gasteiger charge is 1.94. The van der Waals surface area contributed by atoms with Crippen molar-refractivity contribution >= 4 is 37.2 Å². The lowest BCUT2D eigenvalue weighted by molar-refractivity contribution is 0.492. The molecule has 3 heteroatoms. The standard InChI is InChI=1S/C8H18.3ClH/c1-4-6-7-8(3)5-2;;;/h8H,4-7H2,1-3H3;3*1H. The highest BCUT2D eigenvalue weighted by Crippen LogP contribution is 2.09. The average Bonchev–Trinajstić information content (AvgIpc) is 1.83. The fourth-order valence-corrected chi connectivity index (χ4v) is 0.757. The predicted octanol–water partition coefficient (Wildman–Crippen LogP) is 4.49. The Labute approximate surface area is 89.8 Å². The van der Waals surface area contributed by atoms with Gasteiger partial charge in [0.2, 0.25) is 0 Å². The number of halogens is 3. The summed E-state index contributed by atoms with van der Waals surface area (Å²) in [5, 5.41) is 0. The molecule has 0 aliphatic rings. The van der Waals surface area contributed by atoms with Gasteiger partial charge in [-0.3, -0.25) is 0 Å². The molecule has 1 unspecified atom stereocenters. The number of rotatable bonds is 4. The normalized spacial score (nSPS) is 10.1. The van der Waals surface area contributed by atoms with Gasteiger partial charge in [-0.2, -0.15) is 0 Å². The van der Waals surface area contributed by atoms with E-state index in [1.165, 1.54) is 25.7 Å². The van der Waals surface area contributed by atoms with Crippen LogP contribution in [0, 0.1) is 5.92 Å². The van der Waals surface area contributed by atoms with E-state index in [0.717, 1.165) is 5.92 Å². The molecule has 0 rings (SSSR count). The van der Waals surface area contributed by atoms with Crippen LogP contribution < -0.4 is 0 Å². The van der Waals surface area contributed by atoms with Crippen LogP contribution in [0.1, 0.15) is 46.5 Å².